The summed E-state index contributed by atoms with van der Waals surface area (Å²) in [5.74, 6) is -0.199. The molecule has 0 radical (unpaired) electrons. The smallest absolute Gasteiger partial charge is 0.127 e. The Bertz CT molecular complexity index is 376. The fraction of sp³-hybridized carbons (Fsp3) is 0.333. The van der Waals surface area contributed by atoms with E-state index in [1.807, 2.05) is 25.1 Å². The predicted octanol–water partition coefficient (Wildman–Crippen LogP) is 2.42. The highest BCUT2D eigenvalue weighted by Gasteiger charge is 2.09. The van der Waals surface area contributed by atoms with Gasteiger partial charge in [0.1, 0.15) is 6.29 Å². The van der Waals surface area contributed by atoms with Crippen molar-refractivity contribution in [2.24, 2.45) is 0 Å². The van der Waals surface area contributed by atoms with Crippen molar-refractivity contribution in [3.8, 4) is 6.07 Å². The lowest BCUT2D eigenvalue weighted by atomic mass is 9.95. The van der Waals surface area contributed by atoms with Crippen molar-refractivity contribution in [3.05, 3.63) is 34.9 Å². The lowest BCUT2D eigenvalue weighted by Gasteiger charge is -2.07. The van der Waals surface area contributed by atoms with Crippen LogP contribution in [0.15, 0.2) is 18.2 Å². The number of nitrogens with zero attached hydrogens (tertiary/aromatic N) is 1. The average molecular weight is 187 g/mol. The number of hydrogen-bond donors (Lipinski definition) is 0. The summed E-state index contributed by atoms with van der Waals surface area (Å²) < 4.78 is 0. The third-order valence-electron chi connectivity index (χ3n) is 2.34. The van der Waals surface area contributed by atoms with Gasteiger partial charge in [-0.05, 0) is 23.6 Å². The van der Waals surface area contributed by atoms with Crippen LogP contribution >= 0.6 is 0 Å². The Kier molecular flexibility index (Phi) is 3.41. The predicted molar refractivity (Wildman–Crippen MR) is 55.0 cm³/mol. The molecule has 0 amide bonds. The topological polar surface area (TPSA) is 40.9 Å². The van der Waals surface area contributed by atoms with Crippen LogP contribution < -0.4 is 0 Å². The largest absolute Gasteiger partial charge is 0.303 e. The van der Waals surface area contributed by atoms with E-state index in [-0.39, 0.29) is 5.92 Å². The standard InChI is InChI=1S/C12H13NO/c1-3-10-4-5-12(9(2)8-14)11(6-10)7-13/h4-6,8-9H,3H2,1-2H3. The van der Waals surface area contributed by atoms with Gasteiger partial charge < -0.3 is 4.79 Å². The van der Waals surface area contributed by atoms with Crippen LogP contribution in [0, 0.1) is 11.3 Å². The number of carbonyl (C=O) groups is 1. The zero-order chi connectivity index (χ0) is 10.6. The van der Waals surface area contributed by atoms with Gasteiger partial charge in [0.2, 0.25) is 0 Å². The molecule has 0 bridgehead atoms. The molecule has 14 heavy (non-hydrogen) atoms. The molecule has 0 aliphatic rings. The van der Waals surface area contributed by atoms with Crippen molar-refractivity contribution < 1.29 is 4.79 Å². The van der Waals surface area contributed by atoms with Crippen LogP contribution in [-0.2, 0) is 11.2 Å². The van der Waals surface area contributed by atoms with Crippen LogP contribution in [0.25, 0.3) is 0 Å². The van der Waals surface area contributed by atoms with E-state index in [0.717, 1.165) is 23.8 Å². The normalized spacial score (nSPS) is 11.8. The number of rotatable bonds is 3. The van der Waals surface area contributed by atoms with Crippen LogP contribution in [0.5, 0.6) is 0 Å². The van der Waals surface area contributed by atoms with E-state index in [1.165, 1.54) is 0 Å². The second-order valence-corrected chi connectivity index (χ2v) is 3.31. The zero-order valence-corrected chi connectivity index (χ0v) is 8.45. The molecule has 72 valence electrons. The second-order valence-electron chi connectivity index (χ2n) is 3.31. The highest BCUT2D eigenvalue weighted by molar-refractivity contribution is 5.64. The van der Waals surface area contributed by atoms with Crippen molar-refractivity contribution in [2.75, 3.05) is 0 Å². The first-order valence-electron chi connectivity index (χ1n) is 4.71. The van der Waals surface area contributed by atoms with Gasteiger partial charge in [-0.2, -0.15) is 5.26 Å². The number of aldehydes is 1. The quantitative estimate of drug-likeness (QED) is 0.682. The van der Waals surface area contributed by atoms with E-state index in [1.54, 1.807) is 6.92 Å². The summed E-state index contributed by atoms with van der Waals surface area (Å²) in [5, 5.41) is 8.92. The molecular formula is C12H13NO. The number of hydrogen-bond acceptors (Lipinski definition) is 2. The maximum Gasteiger partial charge on any atom is 0.127 e. The first-order valence-corrected chi connectivity index (χ1v) is 4.71. The third kappa shape index (κ3) is 2.00. The molecule has 2 nitrogen and oxygen atoms in total. The highest BCUT2D eigenvalue weighted by Crippen LogP contribution is 2.19. The van der Waals surface area contributed by atoms with Gasteiger partial charge in [0.05, 0.1) is 11.6 Å². The summed E-state index contributed by atoms with van der Waals surface area (Å²) in [6.45, 7) is 3.84. The molecule has 1 unspecified atom stereocenters. The first kappa shape index (κ1) is 10.5. The van der Waals surface area contributed by atoms with Crippen LogP contribution in [-0.4, -0.2) is 6.29 Å². The molecule has 2 heteroatoms. The maximum atomic E-state index is 10.6. The van der Waals surface area contributed by atoms with Gasteiger partial charge in [0.15, 0.2) is 0 Å². The van der Waals surface area contributed by atoms with Crippen LogP contribution in [0.2, 0.25) is 0 Å². The highest BCUT2D eigenvalue weighted by atomic mass is 16.1. The SMILES string of the molecule is CCc1ccc(C(C)C=O)c(C#N)c1. The van der Waals surface area contributed by atoms with Crippen LogP contribution in [0.1, 0.15) is 36.5 Å². The molecule has 0 saturated carbocycles. The van der Waals surface area contributed by atoms with Crippen molar-refractivity contribution in [2.45, 2.75) is 26.2 Å². The Morgan fingerprint density at radius 3 is 2.79 bits per heavy atom. The van der Waals surface area contributed by atoms with E-state index in [9.17, 15) is 4.79 Å². The molecule has 0 spiro atoms. The first-order chi connectivity index (χ1) is 6.72. The number of carbonyl (C=O) groups excluding carboxylic acids is 1. The van der Waals surface area contributed by atoms with Crippen molar-refractivity contribution in [3.63, 3.8) is 0 Å². The molecule has 1 aromatic rings. The monoisotopic (exact) mass is 187 g/mol. The van der Waals surface area contributed by atoms with Crippen LogP contribution in [0.3, 0.4) is 0 Å². The molecule has 0 N–H and O–H groups in total. The molecule has 0 fully saturated rings. The van der Waals surface area contributed by atoms with Crippen molar-refractivity contribution >= 4 is 6.29 Å². The Morgan fingerprint density at radius 2 is 2.29 bits per heavy atom. The lowest BCUT2D eigenvalue weighted by Crippen LogP contribution is -1.99. The van der Waals surface area contributed by atoms with Gasteiger partial charge in [-0.25, -0.2) is 0 Å². The van der Waals surface area contributed by atoms with Gasteiger partial charge in [-0.1, -0.05) is 26.0 Å². The lowest BCUT2D eigenvalue weighted by molar-refractivity contribution is -0.108. The van der Waals surface area contributed by atoms with Crippen LogP contribution in [0.4, 0.5) is 0 Å². The number of aryl methyl sites for hydroxylation is 1. The minimum Gasteiger partial charge on any atom is -0.303 e. The zero-order valence-electron chi connectivity index (χ0n) is 8.45. The Balaban J connectivity index is 3.19. The summed E-state index contributed by atoms with van der Waals surface area (Å²) >= 11 is 0. The molecule has 0 aliphatic heterocycles. The number of benzene rings is 1. The Hall–Kier alpha value is -1.62. The molecule has 0 aromatic heterocycles. The number of nitriles is 1. The van der Waals surface area contributed by atoms with E-state index < -0.39 is 0 Å². The van der Waals surface area contributed by atoms with Crippen molar-refractivity contribution in [1.29, 1.82) is 5.26 Å². The van der Waals surface area contributed by atoms with Gasteiger partial charge in [0.25, 0.3) is 0 Å². The summed E-state index contributed by atoms with van der Waals surface area (Å²) in [7, 11) is 0. The average Bonchev–Trinajstić information content (AvgIpc) is 2.27. The van der Waals surface area contributed by atoms with Gasteiger partial charge in [0, 0.05) is 5.92 Å². The molecule has 0 aliphatic carbocycles. The Labute approximate surface area is 84.2 Å². The minimum absolute atomic E-state index is 0.199. The van der Waals surface area contributed by atoms with Gasteiger partial charge in [-0.3, -0.25) is 0 Å². The Morgan fingerprint density at radius 1 is 1.57 bits per heavy atom. The molecular weight excluding hydrogens is 174 g/mol. The molecule has 0 saturated heterocycles. The summed E-state index contributed by atoms with van der Waals surface area (Å²) in [6, 6.07) is 7.82. The van der Waals surface area contributed by atoms with E-state index >= 15 is 0 Å². The van der Waals surface area contributed by atoms with E-state index in [4.69, 9.17) is 5.26 Å². The molecule has 1 aromatic carbocycles. The van der Waals surface area contributed by atoms with Gasteiger partial charge in [-0.15, -0.1) is 0 Å². The summed E-state index contributed by atoms with van der Waals surface area (Å²) in [4.78, 5) is 10.6. The molecule has 1 rings (SSSR count). The fourth-order valence-corrected chi connectivity index (χ4v) is 1.39. The minimum atomic E-state index is -0.199. The van der Waals surface area contributed by atoms with Gasteiger partial charge >= 0.3 is 0 Å². The van der Waals surface area contributed by atoms with E-state index in [0.29, 0.717) is 5.56 Å². The van der Waals surface area contributed by atoms with E-state index in [2.05, 4.69) is 6.07 Å². The maximum absolute atomic E-state index is 10.6. The summed E-state index contributed by atoms with van der Waals surface area (Å²) in [5.41, 5.74) is 2.56. The molecule has 1 atom stereocenters. The second kappa shape index (κ2) is 4.57. The third-order valence-corrected chi connectivity index (χ3v) is 2.34. The van der Waals surface area contributed by atoms with Crippen molar-refractivity contribution in [1.82, 2.24) is 0 Å². The summed E-state index contributed by atoms with van der Waals surface area (Å²) in [6.07, 6.45) is 1.77. The fourth-order valence-electron chi connectivity index (χ4n) is 1.39. The molecule has 0 heterocycles.